The van der Waals surface area contributed by atoms with E-state index in [2.05, 4.69) is 11.6 Å². The molecular formula is C19H14ClNO2. The van der Waals surface area contributed by atoms with Crippen LogP contribution < -0.4 is 4.74 Å². The van der Waals surface area contributed by atoms with Crippen molar-refractivity contribution in [1.29, 1.82) is 0 Å². The van der Waals surface area contributed by atoms with E-state index in [0.717, 1.165) is 27.7 Å². The predicted molar refractivity (Wildman–Crippen MR) is 92.6 cm³/mol. The standard InChI is InChI=1S/C19H14ClNO2/c1-12(15-4-3-5-17(10-15)23-13(2)22)18-9-7-14-6-8-16(20)11-19(14)21-18/h3-11H,1H2,2H3. The second-order valence-corrected chi connectivity index (χ2v) is 5.57. The number of halogens is 1. The Balaban J connectivity index is 1.98. The Morgan fingerprint density at radius 1 is 1.13 bits per heavy atom. The van der Waals surface area contributed by atoms with Gasteiger partial charge in [0.2, 0.25) is 0 Å². The molecule has 114 valence electrons. The maximum Gasteiger partial charge on any atom is 0.308 e. The van der Waals surface area contributed by atoms with E-state index in [1.807, 2.05) is 42.5 Å². The largest absolute Gasteiger partial charge is 0.427 e. The van der Waals surface area contributed by atoms with Crippen molar-refractivity contribution >= 4 is 34.0 Å². The monoisotopic (exact) mass is 323 g/mol. The third kappa shape index (κ3) is 3.41. The third-order valence-electron chi connectivity index (χ3n) is 3.41. The molecule has 3 rings (SSSR count). The molecule has 0 radical (unpaired) electrons. The van der Waals surface area contributed by atoms with Gasteiger partial charge >= 0.3 is 5.97 Å². The van der Waals surface area contributed by atoms with Crippen LogP contribution in [-0.4, -0.2) is 11.0 Å². The minimum atomic E-state index is -0.355. The molecule has 23 heavy (non-hydrogen) atoms. The average molecular weight is 324 g/mol. The summed E-state index contributed by atoms with van der Waals surface area (Å²) in [5, 5.41) is 1.66. The minimum Gasteiger partial charge on any atom is -0.427 e. The molecule has 0 aliphatic carbocycles. The second kappa shape index (κ2) is 6.23. The molecule has 0 amide bonds. The SMILES string of the molecule is C=C(c1cccc(OC(C)=O)c1)c1ccc2ccc(Cl)cc2n1. The molecule has 3 aromatic rings. The molecule has 0 fully saturated rings. The number of benzene rings is 2. The number of ether oxygens (including phenoxy) is 1. The van der Waals surface area contributed by atoms with Crippen molar-refractivity contribution in [2.24, 2.45) is 0 Å². The number of carbonyl (C=O) groups is 1. The summed E-state index contributed by atoms with van der Waals surface area (Å²) in [6, 6.07) is 16.7. The van der Waals surface area contributed by atoms with Crippen LogP contribution in [-0.2, 0) is 4.79 Å². The maximum absolute atomic E-state index is 11.1. The molecule has 0 saturated carbocycles. The van der Waals surface area contributed by atoms with Gasteiger partial charge in [0.15, 0.2) is 0 Å². The van der Waals surface area contributed by atoms with Crippen LogP contribution in [0.2, 0.25) is 5.02 Å². The maximum atomic E-state index is 11.1. The van der Waals surface area contributed by atoms with E-state index in [1.165, 1.54) is 6.92 Å². The number of esters is 1. The van der Waals surface area contributed by atoms with E-state index in [1.54, 1.807) is 12.1 Å². The highest BCUT2D eigenvalue weighted by molar-refractivity contribution is 6.31. The van der Waals surface area contributed by atoms with Crippen LogP contribution in [0.4, 0.5) is 0 Å². The first kappa shape index (κ1) is 15.3. The lowest BCUT2D eigenvalue weighted by atomic mass is 10.0. The van der Waals surface area contributed by atoms with Crippen LogP contribution in [0, 0.1) is 0 Å². The number of aromatic nitrogens is 1. The molecule has 0 spiro atoms. The first-order chi connectivity index (χ1) is 11.0. The minimum absolute atomic E-state index is 0.355. The van der Waals surface area contributed by atoms with E-state index in [0.29, 0.717) is 10.8 Å². The van der Waals surface area contributed by atoms with Gasteiger partial charge in [0.1, 0.15) is 5.75 Å². The molecule has 0 saturated heterocycles. The first-order valence-corrected chi connectivity index (χ1v) is 7.45. The summed E-state index contributed by atoms with van der Waals surface area (Å²) < 4.78 is 5.11. The second-order valence-electron chi connectivity index (χ2n) is 5.13. The number of hydrogen-bond acceptors (Lipinski definition) is 3. The van der Waals surface area contributed by atoms with E-state index in [-0.39, 0.29) is 5.97 Å². The summed E-state index contributed by atoms with van der Waals surface area (Å²) in [7, 11) is 0. The number of carbonyl (C=O) groups excluding carboxylic acids is 1. The number of nitrogens with zero attached hydrogens (tertiary/aromatic N) is 1. The fourth-order valence-electron chi connectivity index (χ4n) is 2.32. The number of fused-ring (bicyclic) bond motifs is 1. The molecular weight excluding hydrogens is 310 g/mol. The molecule has 0 atom stereocenters. The Morgan fingerprint density at radius 2 is 1.91 bits per heavy atom. The normalized spacial score (nSPS) is 10.5. The molecule has 0 aliphatic heterocycles. The highest BCUT2D eigenvalue weighted by atomic mass is 35.5. The molecule has 0 unspecified atom stereocenters. The van der Waals surface area contributed by atoms with Crippen LogP contribution in [0.15, 0.2) is 61.2 Å². The molecule has 2 aromatic carbocycles. The van der Waals surface area contributed by atoms with Crippen molar-refractivity contribution in [2.45, 2.75) is 6.92 Å². The van der Waals surface area contributed by atoms with Gasteiger partial charge in [0, 0.05) is 22.9 Å². The molecule has 0 aliphatic rings. The summed E-state index contributed by atoms with van der Waals surface area (Å²) in [5.41, 5.74) is 3.16. The summed E-state index contributed by atoms with van der Waals surface area (Å²) in [6.45, 7) is 5.48. The average Bonchev–Trinajstić information content (AvgIpc) is 2.53. The van der Waals surface area contributed by atoms with Gasteiger partial charge in [-0.1, -0.05) is 42.4 Å². The zero-order valence-corrected chi connectivity index (χ0v) is 13.3. The lowest BCUT2D eigenvalue weighted by Gasteiger charge is -2.09. The smallest absolute Gasteiger partial charge is 0.308 e. The van der Waals surface area contributed by atoms with Gasteiger partial charge in [-0.3, -0.25) is 4.79 Å². The zero-order valence-electron chi connectivity index (χ0n) is 12.5. The van der Waals surface area contributed by atoms with Crippen molar-refractivity contribution < 1.29 is 9.53 Å². The summed E-state index contributed by atoms with van der Waals surface area (Å²) >= 11 is 6.03. The van der Waals surface area contributed by atoms with Gasteiger partial charge in [-0.05, 0) is 35.9 Å². The fraction of sp³-hybridized carbons (Fsp3) is 0.0526. The van der Waals surface area contributed by atoms with Crippen molar-refractivity contribution in [3.63, 3.8) is 0 Å². The Kier molecular flexibility index (Phi) is 4.13. The van der Waals surface area contributed by atoms with Crippen molar-refractivity contribution in [2.75, 3.05) is 0 Å². The predicted octanol–water partition coefficient (Wildman–Crippen LogP) is 4.88. The Hall–Kier alpha value is -2.65. The number of rotatable bonds is 3. The van der Waals surface area contributed by atoms with Crippen LogP contribution in [0.1, 0.15) is 18.2 Å². The first-order valence-electron chi connectivity index (χ1n) is 7.07. The number of hydrogen-bond donors (Lipinski definition) is 0. The van der Waals surface area contributed by atoms with Crippen molar-refractivity contribution in [1.82, 2.24) is 4.98 Å². The summed E-state index contributed by atoms with van der Waals surface area (Å²) in [6.07, 6.45) is 0. The van der Waals surface area contributed by atoms with Gasteiger partial charge in [-0.2, -0.15) is 0 Å². The van der Waals surface area contributed by atoms with Crippen molar-refractivity contribution in [3.8, 4) is 5.75 Å². The quantitative estimate of drug-likeness (QED) is 0.509. The zero-order chi connectivity index (χ0) is 16.4. The van der Waals surface area contributed by atoms with Crippen LogP contribution >= 0.6 is 11.6 Å². The Labute approximate surface area is 139 Å². The molecule has 4 heteroatoms. The highest BCUT2D eigenvalue weighted by Crippen LogP contribution is 2.26. The topological polar surface area (TPSA) is 39.2 Å². The van der Waals surface area contributed by atoms with E-state index >= 15 is 0 Å². The van der Waals surface area contributed by atoms with Crippen LogP contribution in [0.25, 0.3) is 16.5 Å². The number of pyridine rings is 1. The third-order valence-corrected chi connectivity index (χ3v) is 3.64. The van der Waals surface area contributed by atoms with Gasteiger partial charge in [0.05, 0.1) is 11.2 Å². The fourth-order valence-corrected chi connectivity index (χ4v) is 2.49. The molecule has 1 aromatic heterocycles. The summed E-state index contributed by atoms with van der Waals surface area (Å²) in [5.74, 6) is 0.131. The summed E-state index contributed by atoms with van der Waals surface area (Å²) in [4.78, 5) is 15.7. The van der Waals surface area contributed by atoms with E-state index < -0.39 is 0 Å². The van der Waals surface area contributed by atoms with Crippen LogP contribution in [0.3, 0.4) is 0 Å². The van der Waals surface area contributed by atoms with Gasteiger partial charge in [-0.25, -0.2) is 4.98 Å². The van der Waals surface area contributed by atoms with Crippen LogP contribution in [0.5, 0.6) is 5.75 Å². The Bertz CT molecular complexity index is 918. The van der Waals surface area contributed by atoms with E-state index in [9.17, 15) is 4.79 Å². The van der Waals surface area contributed by atoms with Gasteiger partial charge < -0.3 is 4.74 Å². The lowest BCUT2D eigenvalue weighted by Crippen LogP contribution is -2.01. The van der Waals surface area contributed by atoms with Crippen molar-refractivity contribution in [3.05, 3.63) is 77.5 Å². The van der Waals surface area contributed by atoms with Gasteiger partial charge in [-0.15, -0.1) is 0 Å². The lowest BCUT2D eigenvalue weighted by molar-refractivity contribution is -0.131. The molecule has 1 heterocycles. The molecule has 0 bridgehead atoms. The molecule has 0 N–H and O–H groups in total. The Morgan fingerprint density at radius 3 is 2.70 bits per heavy atom. The van der Waals surface area contributed by atoms with E-state index in [4.69, 9.17) is 16.3 Å². The highest BCUT2D eigenvalue weighted by Gasteiger charge is 2.08. The van der Waals surface area contributed by atoms with Gasteiger partial charge in [0.25, 0.3) is 0 Å². The molecule has 3 nitrogen and oxygen atoms in total.